The second-order valence-electron chi connectivity index (χ2n) is 9.48. The van der Waals surface area contributed by atoms with E-state index in [2.05, 4.69) is 51.7 Å². The van der Waals surface area contributed by atoms with Crippen molar-refractivity contribution in [3.05, 3.63) is 77.4 Å². The van der Waals surface area contributed by atoms with Gasteiger partial charge < -0.3 is 24.3 Å². The maximum Gasteiger partial charge on any atom is 0.174 e. The third-order valence-electron chi connectivity index (χ3n) is 7.32. The van der Waals surface area contributed by atoms with Crippen molar-refractivity contribution in [1.29, 1.82) is 0 Å². The molecule has 0 radical (unpaired) electrons. The number of methoxy groups -OCH3 is 1. The summed E-state index contributed by atoms with van der Waals surface area (Å²) in [5, 5.41) is 4.27. The van der Waals surface area contributed by atoms with Crippen LogP contribution >= 0.6 is 12.2 Å². The van der Waals surface area contributed by atoms with Crippen molar-refractivity contribution >= 4 is 23.0 Å². The Morgan fingerprint density at radius 2 is 1.92 bits per heavy atom. The fraction of sp³-hybridized carbons (Fsp3) is 0.429. The highest BCUT2D eigenvalue weighted by molar-refractivity contribution is 7.80. The molecule has 190 valence electrons. The van der Waals surface area contributed by atoms with Gasteiger partial charge in [-0.2, -0.15) is 0 Å². The van der Waals surface area contributed by atoms with E-state index in [1.165, 1.54) is 17.0 Å². The zero-order valence-corrected chi connectivity index (χ0v) is 22.1. The van der Waals surface area contributed by atoms with Gasteiger partial charge in [0.1, 0.15) is 5.75 Å². The van der Waals surface area contributed by atoms with Gasteiger partial charge in [0.2, 0.25) is 0 Å². The van der Waals surface area contributed by atoms with Crippen LogP contribution in [0.2, 0.25) is 0 Å². The Balaban J connectivity index is 1.48. The molecule has 0 unspecified atom stereocenters. The van der Waals surface area contributed by atoms with Crippen LogP contribution in [0.25, 0.3) is 0 Å². The van der Waals surface area contributed by atoms with Crippen molar-refractivity contribution in [2.75, 3.05) is 44.9 Å². The Hall–Kier alpha value is -2.94. The van der Waals surface area contributed by atoms with Gasteiger partial charge in [-0.05, 0) is 68.4 Å². The lowest BCUT2D eigenvalue weighted by Gasteiger charge is -2.28. The van der Waals surface area contributed by atoms with Crippen molar-refractivity contribution in [3.63, 3.8) is 0 Å². The molecule has 2 saturated heterocycles. The monoisotopic (exact) mass is 505 g/mol. The molecule has 0 amide bonds. The van der Waals surface area contributed by atoms with Crippen LogP contribution < -0.4 is 15.0 Å². The molecular formula is C28H35N5O2S. The number of pyridine rings is 1. The first-order valence-corrected chi connectivity index (χ1v) is 13.1. The molecule has 0 bridgehead atoms. The van der Waals surface area contributed by atoms with Gasteiger partial charge in [-0.15, -0.1) is 0 Å². The average molecular weight is 506 g/mol. The molecule has 3 aromatic rings. The fourth-order valence-corrected chi connectivity index (χ4v) is 5.80. The number of hydrogen-bond donors (Lipinski definition) is 1. The summed E-state index contributed by atoms with van der Waals surface area (Å²) in [4.78, 5) is 9.42. The molecule has 2 aliphatic rings. The van der Waals surface area contributed by atoms with E-state index in [4.69, 9.17) is 26.7 Å². The highest BCUT2D eigenvalue weighted by Crippen LogP contribution is 2.43. The summed E-state index contributed by atoms with van der Waals surface area (Å²) in [6.45, 7) is 10.3. The lowest BCUT2D eigenvalue weighted by molar-refractivity contribution is 0.0369. The summed E-state index contributed by atoms with van der Waals surface area (Å²) < 4.78 is 13.5. The number of morpholine rings is 1. The number of aromatic nitrogens is 2. The highest BCUT2D eigenvalue weighted by Gasteiger charge is 2.42. The Morgan fingerprint density at radius 3 is 2.67 bits per heavy atom. The lowest BCUT2D eigenvalue weighted by Crippen LogP contribution is -2.37. The summed E-state index contributed by atoms with van der Waals surface area (Å²) >= 11 is 5.91. The SMILES string of the molecule is COc1cccc(N2C(=S)N[C@H](c3ccccn3)[C@H]2c2cc(C)n(CCCN3CCOCC3)c2C)c1. The summed E-state index contributed by atoms with van der Waals surface area (Å²) in [7, 11) is 1.69. The van der Waals surface area contributed by atoms with E-state index in [0.29, 0.717) is 5.11 Å². The molecule has 7 nitrogen and oxygen atoms in total. The normalized spacial score (nSPS) is 20.5. The molecule has 0 spiro atoms. The Labute approximate surface area is 219 Å². The number of thiocarbonyl (C=S) groups is 1. The molecule has 4 heterocycles. The van der Waals surface area contributed by atoms with Gasteiger partial charge >= 0.3 is 0 Å². The molecule has 8 heteroatoms. The minimum atomic E-state index is -0.0628. The van der Waals surface area contributed by atoms with Gasteiger partial charge in [-0.25, -0.2) is 0 Å². The number of hydrogen-bond acceptors (Lipinski definition) is 5. The second-order valence-corrected chi connectivity index (χ2v) is 9.87. The topological polar surface area (TPSA) is 54.8 Å². The van der Waals surface area contributed by atoms with E-state index < -0.39 is 0 Å². The van der Waals surface area contributed by atoms with Crippen molar-refractivity contribution in [1.82, 2.24) is 19.8 Å². The van der Waals surface area contributed by atoms with Crippen LogP contribution in [0.3, 0.4) is 0 Å². The third-order valence-corrected chi connectivity index (χ3v) is 7.64. The quantitative estimate of drug-likeness (QED) is 0.455. The minimum Gasteiger partial charge on any atom is -0.497 e. The van der Waals surface area contributed by atoms with Crippen molar-refractivity contribution in [2.24, 2.45) is 0 Å². The van der Waals surface area contributed by atoms with E-state index in [0.717, 1.165) is 62.9 Å². The summed E-state index contributed by atoms with van der Waals surface area (Å²) in [5.74, 6) is 0.809. The summed E-state index contributed by atoms with van der Waals surface area (Å²) in [5.41, 5.74) is 5.80. The zero-order chi connectivity index (χ0) is 25.1. The number of rotatable bonds is 8. The van der Waals surface area contributed by atoms with Crippen molar-refractivity contribution in [2.45, 2.75) is 38.9 Å². The first kappa shape index (κ1) is 24.7. The van der Waals surface area contributed by atoms with Crippen LogP contribution in [0.5, 0.6) is 5.75 Å². The maximum absolute atomic E-state index is 5.91. The van der Waals surface area contributed by atoms with Gasteiger partial charge in [0, 0.05) is 55.5 Å². The van der Waals surface area contributed by atoms with Crippen LogP contribution in [0.1, 0.15) is 41.1 Å². The lowest BCUT2D eigenvalue weighted by atomic mass is 9.96. The third kappa shape index (κ3) is 4.98. The zero-order valence-electron chi connectivity index (χ0n) is 21.3. The Morgan fingerprint density at radius 1 is 1.08 bits per heavy atom. The summed E-state index contributed by atoms with van der Waals surface area (Å²) in [6.07, 6.45) is 2.96. The maximum atomic E-state index is 5.91. The smallest absolute Gasteiger partial charge is 0.174 e. The molecule has 0 saturated carbocycles. The Bertz CT molecular complexity index is 1190. The molecule has 1 aromatic carbocycles. The van der Waals surface area contributed by atoms with Gasteiger partial charge in [0.05, 0.1) is 38.1 Å². The van der Waals surface area contributed by atoms with Gasteiger partial charge in [0.25, 0.3) is 0 Å². The van der Waals surface area contributed by atoms with Gasteiger partial charge in [-0.1, -0.05) is 12.1 Å². The predicted molar refractivity (Wildman–Crippen MR) is 147 cm³/mol. The first-order chi connectivity index (χ1) is 17.6. The molecule has 2 atom stereocenters. The number of nitrogens with zero attached hydrogens (tertiary/aromatic N) is 4. The predicted octanol–water partition coefficient (Wildman–Crippen LogP) is 4.41. The molecule has 36 heavy (non-hydrogen) atoms. The van der Waals surface area contributed by atoms with Crippen molar-refractivity contribution < 1.29 is 9.47 Å². The van der Waals surface area contributed by atoms with Crippen LogP contribution in [0.4, 0.5) is 5.69 Å². The number of nitrogens with one attached hydrogen (secondary N) is 1. The van der Waals surface area contributed by atoms with Crippen LogP contribution in [0.15, 0.2) is 54.7 Å². The first-order valence-electron chi connectivity index (χ1n) is 12.7. The van der Waals surface area contributed by atoms with E-state index in [1.807, 2.05) is 36.5 Å². The highest BCUT2D eigenvalue weighted by atomic mass is 32.1. The van der Waals surface area contributed by atoms with E-state index in [9.17, 15) is 0 Å². The van der Waals surface area contributed by atoms with Crippen LogP contribution in [0, 0.1) is 13.8 Å². The molecule has 2 aromatic heterocycles. The molecule has 2 aliphatic heterocycles. The molecule has 0 aliphatic carbocycles. The van der Waals surface area contributed by atoms with Crippen molar-refractivity contribution in [3.8, 4) is 5.75 Å². The molecular weight excluding hydrogens is 470 g/mol. The second kappa shape index (κ2) is 11.0. The molecule has 5 rings (SSSR count). The van der Waals surface area contributed by atoms with Gasteiger partial charge in [-0.3, -0.25) is 9.88 Å². The summed E-state index contributed by atoms with van der Waals surface area (Å²) in [6, 6.07) is 16.4. The van der Waals surface area contributed by atoms with Gasteiger partial charge in [0.15, 0.2) is 5.11 Å². The van der Waals surface area contributed by atoms with Crippen LogP contribution in [-0.2, 0) is 11.3 Å². The fourth-order valence-electron chi connectivity index (χ4n) is 5.46. The number of anilines is 1. The number of benzene rings is 1. The van der Waals surface area contributed by atoms with E-state index in [1.54, 1.807) is 7.11 Å². The average Bonchev–Trinajstić information content (AvgIpc) is 3.40. The molecule has 2 fully saturated rings. The minimum absolute atomic E-state index is 0.0290. The number of aryl methyl sites for hydroxylation is 1. The standard InChI is InChI=1S/C28H35N5O2S/c1-20-18-24(21(2)32(20)13-7-12-31-14-16-35-17-15-31)27-26(25-10-4-5-11-29-25)30-28(36)33(27)22-8-6-9-23(19-22)34-3/h4-6,8-11,18-19,26-27H,7,12-17H2,1-3H3,(H,30,36)/t26-,27-/m1/s1. The largest absolute Gasteiger partial charge is 0.497 e. The molecule has 1 N–H and O–H groups in total. The van der Waals surface area contributed by atoms with E-state index in [-0.39, 0.29) is 12.1 Å². The number of ether oxygens (including phenoxy) is 2. The Kier molecular flexibility index (Phi) is 7.55. The van der Waals surface area contributed by atoms with Crippen LogP contribution in [-0.4, -0.2) is 59.5 Å². The van der Waals surface area contributed by atoms with E-state index >= 15 is 0 Å².